The standard InChI is InChI=1S/C18H14Cl2N4O2/c1-2-10-6-7-13-14(8-10)21-9-15(22-13)23-18(26)24-17(25)16-11(19)4-3-5-12(16)20/h3-9H,2H2,1H3,(H2,22,23,24,25,26). The van der Waals surface area contributed by atoms with Gasteiger partial charge in [-0.2, -0.15) is 0 Å². The smallest absolute Gasteiger partial charge is 0.291 e. The highest BCUT2D eigenvalue weighted by molar-refractivity contribution is 6.40. The molecule has 0 aliphatic rings. The van der Waals surface area contributed by atoms with Gasteiger partial charge in [-0.3, -0.25) is 20.4 Å². The number of halogens is 2. The summed E-state index contributed by atoms with van der Waals surface area (Å²) in [4.78, 5) is 32.8. The SMILES string of the molecule is CCc1ccc2nc(NC(=O)NC(=O)c3c(Cl)cccc3Cl)cnc2c1. The number of hydrogen-bond acceptors (Lipinski definition) is 4. The highest BCUT2D eigenvalue weighted by atomic mass is 35.5. The molecule has 0 bridgehead atoms. The molecular weight excluding hydrogens is 375 g/mol. The van der Waals surface area contributed by atoms with E-state index in [1.54, 1.807) is 6.07 Å². The molecule has 8 heteroatoms. The van der Waals surface area contributed by atoms with E-state index >= 15 is 0 Å². The number of amides is 3. The van der Waals surface area contributed by atoms with Gasteiger partial charge in [0.25, 0.3) is 5.91 Å². The number of rotatable bonds is 3. The summed E-state index contributed by atoms with van der Waals surface area (Å²) in [6, 6.07) is 9.59. The van der Waals surface area contributed by atoms with Crippen LogP contribution in [0.2, 0.25) is 10.0 Å². The van der Waals surface area contributed by atoms with E-state index in [0.717, 1.165) is 17.5 Å². The molecule has 0 aliphatic carbocycles. The maximum absolute atomic E-state index is 12.2. The molecule has 132 valence electrons. The van der Waals surface area contributed by atoms with Crippen LogP contribution < -0.4 is 10.6 Å². The second kappa shape index (κ2) is 7.68. The monoisotopic (exact) mass is 388 g/mol. The van der Waals surface area contributed by atoms with Crippen LogP contribution >= 0.6 is 23.2 Å². The normalized spacial score (nSPS) is 10.6. The molecule has 26 heavy (non-hydrogen) atoms. The van der Waals surface area contributed by atoms with E-state index in [4.69, 9.17) is 23.2 Å². The quantitative estimate of drug-likeness (QED) is 0.693. The third-order valence-corrected chi connectivity index (χ3v) is 4.30. The molecule has 1 heterocycles. The molecule has 3 aromatic rings. The molecule has 0 atom stereocenters. The van der Waals surface area contributed by atoms with Gasteiger partial charge in [-0.25, -0.2) is 9.78 Å². The number of carbonyl (C=O) groups excluding carboxylic acids is 2. The Hall–Kier alpha value is -2.70. The Morgan fingerprint density at radius 2 is 1.81 bits per heavy atom. The summed E-state index contributed by atoms with van der Waals surface area (Å²) in [5.41, 5.74) is 2.55. The summed E-state index contributed by atoms with van der Waals surface area (Å²) < 4.78 is 0. The predicted octanol–water partition coefficient (Wildman–Crippen LogP) is 4.46. The van der Waals surface area contributed by atoms with Gasteiger partial charge >= 0.3 is 6.03 Å². The van der Waals surface area contributed by atoms with Gasteiger partial charge in [0.2, 0.25) is 0 Å². The molecule has 0 saturated carbocycles. The van der Waals surface area contributed by atoms with Gasteiger partial charge in [-0.1, -0.05) is 42.3 Å². The molecule has 0 fully saturated rings. The van der Waals surface area contributed by atoms with Crippen LogP contribution in [0.15, 0.2) is 42.6 Å². The van der Waals surface area contributed by atoms with E-state index in [1.807, 2.05) is 18.2 Å². The molecule has 1 aromatic heterocycles. The molecule has 0 saturated heterocycles. The Labute approximate surface area is 159 Å². The minimum atomic E-state index is -0.759. The molecule has 0 spiro atoms. The van der Waals surface area contributed by atoms with Gasteiger partial charge in [-0.15, -0.1) is 0 Å². The number of urea groups is 1. The third kappa shape index (κ3) is 3.92. The minimum Gasteiger partial charge on any atom is -0.291 e. The first kappa shape index (κ1) is 18.1. The number of aromatic nitrogens is 2. The number of imide groups is 1. The van der Waals surface area contributed by atoms with E-state index < -0.39 is 11.9 Å². The molecular formula is C18H14Cl2N4O2. The zero-order chi connectivity index (χ0) is 18.7. The summed E-state index contributed by atoms with van der Waals surface area (Å²) in [5, 5.41) is 4.94. The molecule has 3 amide bonds. The first-order valence-electron chi connectivity index (χ1n) is 7.80. The number of anilines is 1. The van der Waals surface area contributed by atoms with Gasteiger partial charge < -0.3 is 0 Å². The van der Waals surface area contributed by atoms with Crippen LogP contribution in [0.5, 0.6) is 0 Å². The molecule has 0 aliphatic heterocycles. The van der Waals surface area contributed by atoms with Crippen molar-refractivity contribution in [3.8, 4) is 0 Å². The van der Waals surface area contributed by atoms with Gasteiger partial charge in [0, 0.05) is 0 Å². The van der Waals surface area contributed by atoms with Gasteiger partial charge in [0.1, 0.15) is 0 Å². The van der Waals surface area contributed by atoms with Crippen LogP contribution in [-0.2, 0) is 6.42 Å². The Bertz CT molecular complexity index is 987. The third-order valence-electron chi connectivity index (χ3n) is 3.67. The van der Waals surface area contributed by atoms with E-state index in [0.29, 0.717) is 5.52 Å². The van der Waals surface area contributed by atoms with Crippen molar-refractivity contribution in [1.82, 2.24) is 15.3 Å². The highest BCUT2D eigenvalue weighted by Gasteiger charge is 2.17. The lowest BCUT2D eigenvalue weighted by Crippen LogP contribution is -2.35. The molecule has 0 unspecified atom stereocenters. The number of aryl methyl sites for hydroxylation is 1. The second-order valence-corrected chi connectivity index (χ2v) is 6.25. The van der Waals surface area contributed by atoms with Crippen molar-refractivity contribution in [2.24, 2.45) is 0 Å². The lowest BCUT2D eigenvalue weighted by molar-refractivity contribution is 0.0967. The minimum absolute atomic E-state index is 0.0303. The van der Waals surface area contributed by atoms with Crippen molar-refractivity contribution in [2.45, 2.75) is 13.3 Å². The molecule has 3 rings (SSSR count). The fourth-order valence-corrected chi connectivity index (χ4v) is 2.93. The van der Waals surface area contributed by atoms with Gasteiger partial charge in [-0.05, 0) is 36.2 Å². The van der Waals surface area contributed by atoms with Crippen molar-refractivity contribution in [3.05, 3.63) is 63.8 Å². The van der Waals surface area contributed by atoms with Crippen molar-refractivity contribution in [3.63, 3.8) is 0 Å². The molecule has 2 aromatic carbocycles. The van der Waals surface area contributed by atoms with E-state index in [9.17, 15) is 9.59 Å². The summed E-state index contributed by atoms with van der Waals surface area (Å²) in [6.07, 6.45) is 2.32. The fraction of sp³-hybridized carbons (Fsp3) is 0.111. The largest absolute Gasteiger partial charge is 0.327 e. The average Bonchev–Trinajstić information content (AvgIpc) is 2.61. The molecule has 6 nitrogen and oxygen atoms in total. The lowest BCUT2D eigenvalue weighted by atomic mass is 10.1. The Kier molecular flexibility index (Phi) is 5.35. The zero-order valence-electron chi connectivity index (χ0n) is 13.7. The second-order valence-electron chi connectivity index (χ2n) is 5.44. The van der Waals surface area contributed by atoms with Crippen molar-refractivity contribution >= 4 is 52.0 Å². The van der Waals surface area contributed by atoms with Crippen LogP contribution in [0.25, 0.3) is 11.0 Å². The van der Waals surface area contributed by atoms with E-state index in [1.165, 1.54) is 18.3 Å². The van der Waals surface area contributed by atoms with Crippen molar-refractivity contribution in [2.75, 3.05) is 5.32 Å². The lowest BCUT2D eigenvalue weighted by Gasteiger charge is -2.09. The van der Waals surface area contributed by atoms with Crippen LogP contribution in [0.4, 0.5) is 10.6 Å². The highest BCUT2D eigenvalue weighted by Crippen LogP contribution is 2.24. The van der Waals surface area contributed by atoms with E-state index in [2.05, 4.69) is 27.5 Å². The Morgan fingerprint density at radius 3 is 2.50 bits per heavy atom. The fourth-order valence-electron chi connectivity index (χ4n) is 2.36. The number of hydrogen-bond donors (Lipinski definition) is 2. The van der Waals surface area contributed by atoms with Crippen LogP contribution in [0.1, 0.15) is 22.8 Å². The summed E-state index contributed by atoms with van der Waals surface area (Å²) in [5.74, 6) is -0.489. The first-order chi connectivity index (χ1) is 12.5. The number of carbonyl (C=O) groups is 2. The first-order valence-corrected chi connectivity index (χ1v) is 8.55. The maximum Gasteiger partial charge on any atom is 0.327 e. The topological polar surface area (TPSA) is 84.0 Å². The van der Waals surface area contributed by atoms with Crippen LogP contribution in [0.3, 0.4) is 0 Å². The number of fused-ring (bicyclic) bond motifs is 1. The average molecular weight is 389 g/mol. The van der Waals surface area contributed by atoms with E-state index in [-0.39, 0.29) is 21.4 Å². The maximum atomic E-state index is 12.2. The van der Waals surface area contributed by atoms with Gasteiger partial charge in [0.05, 0.1) is 32.8 Å². The molecule has 0 radical (unpaired) electrons. The zero-order valence-corrected chi connectivity index (χ0v) is 15.2. The number of nitrogens with one attached hydrogen (secondary N) is 2. The van der Waals surface area contributed by atoms with Gasteiger partial charge in [0.15, 0.2) is 5.82 Å². The Morgan fingerprint density at radius 1 is 1.08 bits per heavy atom. The van der Waals surface area contributed by atoms with Crippen LogP contribution in [-0.4, -0.2) is 21.9 Å². The van der Waals surface area contributed by atoms with Crippen LogP contribution in [0, 0.1) is 0 Å². The summed E-state index contributed by atoms with van der Waals surface area (Å²) in [6.45, 7) is 2.05. The number of nitrogens with zero attached hydrogens (tertiary/aromatic N) is 2. The molecule has 2 N–H and O–H groups in total. The number of benzene rings is 2. The van der Waals surface area contributed by atoms with Crippen molar-refractivity contribution in [1.29, 1.82) is 0 Å². The predicted molar refractivity (Wildman–Crippen MR) is 102 cm³/mol. The summed E-state index contributed by atoms with van der Waals surface area (Å²) >= 11 is 11.9. The summed E-state index contributed by atoms with van der Waals surface area (Å²) in [7, 11) is 0. The Balaban J connectivity index is 1.73. The van der Waals surface area contributed by atoms with Crippen molar-refractivity contribution < 1.29 is 9.59 Å².